The van der Waals surface area contributed by atoms with E-state index in [1.807, 2.05) is 0 Å². The maximum Gasteiger partial charge on any atom is 0.309 e. The Bertz CT molecular complexity index is 1020. The zero-order chi connectivity index (χ0) is 20.1. The van der Waals surface area contributed by atoms with Crippen molar-refractivity contribution in [2.24, 2.45) is 0 Å². The molecule has 1 aromatic heterocycles. The quantitative estimate of drug-likeness (QED) is 0.516. The fourth-order valence-corrected chi connectivity index (χ4v) is 2.67. The zero-order valence-corrected chi connectivity index (χ0v) is 15.5. The number of amides is 1. The largest absolute Gasteiger partial charge is 0.469 e. The first-order chi connectivity index (χ1) is 13.5. The van der Waals surface area contributed by atoms with Gasteiger partial charge in [0, 0.05) is 16.8 Å². The smallest absolute Gasteiger partial charge is 0.309 e. The van der Waals surface area contributed by atoms with E-state index in [9.17, 15) is 14.4 Å². The van der Waals surface area contributed by atoms with Crippen LogP contribution in [-0.4, -0.2) is 24.8 Å². The average molecular weight is 377 g/mol. The predicted octanol–water partition coefficient (Wildman–Crippen LogP) is 4.12. The molecule has 2 aromatic carbocycles. The van der Waals surface area contributed by atoms with Gasteiger partial charge in [0.15, 0.2) is 11.5 Å². The first kappa shape index (κ1) is 19.1. The van der Waals surface area contributed by atoms with Crippen molar-refractivity contribution in [1.82, 2.24) is 0 Å². The van der Waals surface area contributed by atoms with E-state index in [1.54, 1.807) is 60.7 Å². The molecule has 0 bridgehead atoms. The summed E-state index contributed by atoms with van der Waals surface area (Å²) in [5.41, 5.74) is 2.66. The van der Waals surface area contributed by atoms with Crippen LogP contribution in [0.25, 0.3) is 11.3 Å². The van der Waals surface area contributed by atoms with Crippen LogP contribution in [0, 0.1) is 0 Å². The van der Waals surface area contributed by atoms with Gasteiger partial charge in [0.25, 0.3) is 5.91 Å². The Balaban J connectivity index is 1.71. The number of Topliss-reactive ketones (excluding diaryl/α,β-unsaturated/α-hetero) is 1. The number of carbonyl (C=O) groups excluding carboxylic acids is 3. The lowest BCUT2D eigenvalue weighted by atomic mass is 10.1. The molecule has 0 unspecified atom stereocenters. The van der Waals surface area contributed by atoms with E-state index in [0.29, 0.717) is 17.0 Å². The number of hydrogen-bond donors (Lipinski definition) is 1. The molecule has 6 heteroatoms. The lowest BCUT2D eigenvalue weighted by Gasteiger charge is -2.06. The Labute approximate surface area is 162 Å². The van der Waals surface area contributed by atoms with Gasteiger partial charge in [-0.05, 0) is 36.8 Å². The number of ketones is 1. The summed E-state index contributed by atoms with van der Waals surface area (Å²) >= 11 is 0. The summed E-state index contributed by atoms with van der Waals surface area (Å²) in [6.07, 6.45) is 0.126. The summed E-state index contributed by atoms with van der Waals surface area (Å²) in [6, 6.07) is 17.2. The lowest BCUT2D eigenvalue weighted by molar-refractivity contribution is -0.139. The Hall–Kier alpha value is -3.67. The molecule has 1 heterocycles. The van der Waals surface area contributed by atoms with Gasteiger partial charge in [-0.15, -0.1) is 0 Å². The predicted molar refractivity (Wildman–Crippen MR) is 104 cm³/mol. The van der Waals surface area contributed by atoms with Crippen LogP contribution >= 0.6 is 0 Å². The molecule has 0 radical (unpaired) electrons. The fraction of sp³-hybridized carbons (Fsp3) is 0.136. The van der Waals surface area contributed by atoms with Crippen molar-refractivity contribution in [1.29, 1.82) is 0 Å². The molecule has 0 aliphatic rings. The van der Waals surface area contributed by atoms with Gasteiger partial charge in [-0.2, -0.15) is 0 Å². The minimum Gasteiger partial charge on any atom is -0.469 e. The molecule has 0 atom stereocenters. The van der Waals surface area contributed by atoms with Gasteiger partial charge in [-0.25, -0.2) is 0 Å². The van der Waals surface area contributed by atoms with E-state index in [4.69, 9.17) is 4.42 Å². The zero-order valence-electron chi connectivity index (χ0n) is 15.5. The summed E-state index contributed by atoms with van der Waals surface area (Å²) in [5, 5.41) is 2.75. The van der Waals surface area contributed by atoms with E-state index in [1.165, 1.54) is 14.0 Å². The Morgan fingerprint density at radius 3 is 2.43 bits per heavy atom. The van der Waals surface area contributed by atoms with E-state index in [2.05, 4.69) is 10.1 Å². The lowest BCUT2D eigenvalue weighted by Crippen LogP contribution is -2.11. The topological polar surface area (TPSA) is 85.6 Å². The van der Waals surface area contributed by atoms with Gasteiger partial charge in [-0.1, -0.05) is 36.4 Å². The molecule has 3 rings (SSSR count). The highest BCUT2D eigenvalue weighted by Gasteiger charge is 2.13. The van der Waals surface area contributed by atoms with Crippen molar-refractivity contribution in [2.75, 3.05) is 12.4 Å². The molecule has 0 aliphatic heterocycles. The molecule has 0 saturated carbocycles. The van der Waals surface area contributed by atoms with Crippen molar-refractivity contribution in [3.8, 4) is 11.3 Å². The summed E-state index contributed by atoms with van der Waals surface area (Å²) in [6.45, 7) is 1.50. The molecule has 142 valence electrons. The summed E-state index contributed by atoms with van der Waals surface area (Å²) in [4.78, 5) is 35.2. The van der Waals surface area contributed by atoms with Gasteiger partial charge >= 0.3 is 5.97 Å². The van der Waals surface area contributed by atoms with Crippen molar-refractivity contribution in [2.45, 2.75) is 13.3 Å². The highest BCUT2D eigenvalue weighted by molar-refractivity contribution is 6.02. The second-order valence-corrected chi connectivity index (χ2v) is 6.20. The molecular formula is C22H19NO5. The number of esters is 1. The monoisotopic (exact) mass is 377 g/mol. The number of benzene rings is 2. The van der Waals surface area contributed by atoms with Crippen molar-refractivity contribution >= 4 is 23.3 Å². The number of rotatable bonds is 6. The molecular weight excluding hydrogens is 358 g/mol. The van der Waals surface area contributed by atoms with Crippen LogP contribution in [0.1, 0.15) is 33.4 Å². The van der Waals surface area contributed by atoms with Gasteiger partial charge in [0.2, 0.25) is 0 Å². The van der Waals surface area contributed by atoms with Crippen molar-refractivity contribution in [3.05, 3.63) is 77.6 Å². The SMILES string of the molecule is COC(=O)Cc1cccc(NC(=O)c2ccc(-c3ccc(C(C)=O)cc3)o2)c1. The average Bonchev–Trinajstić information content (AvgIpc) is 3.18. The van der Waals surface area contributed by atoms with E-state index in [-0.39, 0.29) is 23.9 Å². The number of nitrogens with one attached hydrogen (secondary N) is 1. The standard InChI is InChI=1S/C22H19NO5/c1-14(24)16-6-8-17(9-7-16)19-10-11-20(28-19)22(26)23-18-5-3-4-15(12-18)13-21(25)27-2/h3-12H,13H2,1-2H3,(H,23,26). The summed E-state index contributed by atoms with van der Waals surface area (Å²) < 4.78 is 10.3. The van der Waals surface area contributed by atoms with Crippen LogP contribution in [0.4, 0.5) is 5.69 Å². The normalized spacial score (nSPS) is 10.4. The Morgan fingerprint density at radius 2 is 1.75 bits per heavy atom. The maximum absolute atomic E-state index is 12.5. The number of anilines is 1. The Morgan fingerprint density at radius 1 is 1.00 bits per heavy atom. The minimum absolute atomic E-state index is 0.0134. The number of furan rings is 1. The third-order valence-electron chi connectivity index (χ3n) is 4.17. The molecule has 3 aromatic rings. The molecule has 0 aliphatic carbocycles. The third kappa shape index (κ3) is 4.54. The Kier molecular flexibility index (Phi) is 5.69. The number of ether oxygens (including phenoxy) is 1. The van der Waals surface area contributed by atoms with E-state index < -0.39 is 5.91 Å². The first-order valence-electron chi connectivity index (χ1n) is 8.64. The van der Waals surface area contributed by atoms with Crippen LogP contribution in [-0.2, 0) is 16.0 Å². The molecule has 0 saturated heterocycles. The molecule has 1 amide bonds. The highest BCUT2D eigenvalue weighted by Crippen LogP contribution is 2.23. The maximum atomic E-state index is 12.5. The van der Waals surface area contributed by atoms with Gasteiger partial charge in [0.05, 0.1) is 13.5 Å². The first-order valence-corrected chi connectivity index (χ1v) is 8.64. The molecule has 0 fully saturated rings. The second kappa shape index (κ2) is 8.35. The van der Waals surface area contributed by atoms with Crippen LogP contribution in [0.3, 0.4) is 0 Å². The fourth-order valence-electron chi connectivity index (χ4n) is 2.67. The number of carbonyl (C=O) groups is 3. The van der Waals surface area contributed by atoms with Crippen LogP contribution in [0.5, 0.6) is 0 Å². The minimum atomic E-state index is -0.401. The molecule has 28 heavy (non-hydrogen) atoms. The van der Waals surface area contributed by atoms with E-state index >= 15 is 0 Å². The molecule has 0 spiro atoms. The van der Waals surface area contributed by atoms with E-state index in [0.717, 1.165) is 11.1 Å². The highest BCUT2D eigenvalue weighted by atomic mass is 16.5. The van der Waals surface area contributed by atoms with Crippen molar-refractivity contribution in [3.63, 3.8) is 0 Å². The second-order valence-electron chi connectivity index (χ2n) is 6.20. The van der Waals surface area contributed by atoms with Crippen LogP contribution < -0.4 is 5.32 Å². The van der Waals surface area contributed by atoms with Gasteiger partial charge in [-0.3, -0.25) is 14.4 Å². The van der Waals surface area contributed by atoms with Crippen LogP contribution in [0.2, 0.25) is 0 Å². The summed E-state index contributed by atoms with van der Waals surface area (Å²) in [5.74, 6) is -0.0824. The number of methoxy groups -OCH3 is 1. The van der Waals surface area contributed by atoms with Crippen molar-refractivity contribution < 1.29 is 23.5 Å². The van der Waals surface area contributed by atoms with Gasteiger partial charge < -0.3 is 14.5 Å². The third-order valence-corrected chi connectivity index (χ3v) is 4.17. The summed E-state index contributed by atoms with van der Waals surface area (Å²) in [7, 11) is 1.33. The molecule has 6 nitrogen and oxygen atoms in total. The number of hydrogen-bond acceptors (Lipinski definition) is 5. The van der Waals surface area contributed by atoms with Gasteiger partial charge in [0.1, 0.15) is 5.76 Å². The molecule has 1 N–H and O–H groups in total. The van der Waals surface area contributed by atoms with Crippen LogP contribution in [0.15, 0.2) is 65.1 Å².